The van der Waals surface area contributed by atoms with Crippen LogP contribution in [0.5, 0.6) is 0 Å². The lowest BCUT2D eigenvalue weighted by molar-refractivity contribution is -0.146. The molecule has 104 valence electrons. The fraction of sp³-hybridized carbons (Fsp3) is 0.786. The van der Waals surface area contributed by atoms with Crippen molar-refractivity contribution >= 4 is 17.6 Å². The molecular formula is C14H23ClO3. The summed E-state index contributed by atoms with van der Waals surface area (Å²) in [4.78, 5) is 11.5. The number of carbonyl (C=O) groups excluding carboxylic acids is 1. The van der Waals surface area contributed by atoms with E-state index in [0.29, 0.717) is 12.5 Å². The smallest absolute Gasteiger partial charge is 0.357 e. The molecule has 0 radical (unpaired) electrons. The molecule has 1 heterocycles. The lowest BCUT2D eigenvalue weighted by atomic mass is 9.98. The molecule has 0 bridgehead atoms. The summed E-state index contributed by atoms with van der Waals surface area (Å²) >= 11 is 6.06. The van der Waals surface area contributed by atoms with Crippen LogP contribution >= 0.6 is 11.6 Å². The van der Waals surface area contributed by atoms with Crippen LogP contribution in [0, 0.1) is 5.92 Å². The Kier molecular flexibility index (Phi) is 5.67. The number of halogens is 1. The topological polar surface area (TPSA) is 38.8 Å². The van der Waals surface area contributed by atoms with E-state index in [1.54, 1.807) is 6.92 Å². The Bertz CT molecular complexity index is 323. The van der Waals surface area contributed by atoms with Crippen LogP contribution < -0.4 is 0 Å². The maximum Gasteiger partial charge on any atom is 0.357 e. The molecule has 0 N–H and O–H groups in total. The van der Waals surface area contributed by atoms with Gasteiger partial charge in [-0.25, -0.2) is 4.79 Å². The van der Waals surface area contributed by atoms with Gasteiger partial charge < -0.3 is 9.47 Å². The molecular weight excluding hydrogens is 252 g/mol. The molecule has 1 fully saturated rings. The summed E-state index contributed by atoms with van der Waals surface area (Å²) < 4.78 is 10.2. The molecule has 3 nitrogen and oxygen atoms in total. The first-order chi connectivity index (χ1) is 8.40. The van der Waals surface area contributed by atoms with E-state index in [4.69, 9.17) is 21.1 Å². The Labute approximate surface area is 114 Å². The van der Waals surface area contributed by atoms with E-state index in [0.717, 1.165) is 19.3 Å². The Morgan fingerprint density at radius 1 is 1.56 bits per heavy atom. The molecule has 0 spiro atoms. The number of hydrogen-bond acceptors (Lipinski definition) is 3. The highest BCUT2D eigenvalue weighted by molar-refractivity contribution is 6.35. The average molecular weight is 275 g/mol. The second-order valence-corrected chi connectivity index (χ2v) is 5.73. The van der Waals surface area contributed by atoms with Crippen LogP contribution in [-0.2, 0) is 14.3 Å². The number of allylic oxidation sites excluding steroid dienone is 2. The number of hydrogen-bond donors (Lipinski definition) is 0. The summed E-state index contributed by atoms with van der Waals surface area (Å²) in [5, 5.41) is -1.21. The lowest BCUT2D eigenvalue weighted by Crippen LogP contribution is -2.24. The summed E-state index contributed by atoms with van der Waals surface area (Å²) in [7, 11) is 0. The van der Waals surface area contributed by atoms with Crippen molar-refractivity contribution in [3.63, 3.8) is 0 Å². The summed E-state index contributed by atoms with van der Waals surface area (Å²) in [6.07, 6.45) is 4.98. The molecule has 1 unspecified atom stereocenters. The van der Waals surface area contributed by atoms with Crippen molar-refractivity contribution < 1.29 is 14.3 Å². The summed E-state index contributed by atoms with van der Waals surface area (Å²) in [5.41, 5.74) is 1.34. The van der Waals surface area contributed by atoms with Crippen molar-refractivity contribution in [3.05, 3.63) is 11.6 Å². The van der Waals surface area contributed by atoms with Gasteiger partial charge in [-0.3, -0.25) is 0 Å². The van der Waals surface area contributed by atoms with E-state index in [2.05, 4.69) is 26.8 Å². The van der Waals surface area contributed by atoms with E-state index in [-0.39, 0.29) is 6.10 Å². The first-order valence-electron chi connectivity index (χ1n) is 6.57. The highest BCUT2D eigenvalue weighted by Crippen LogP contribution is 2.45. The summed E-state index contributed by atoms with van der Waals surface area (Å²) in [6.45, 7) is 8.44. The molecule has 0 aromatic rings. The molecule has 0 aliphatic carbocycles. The van der Waals surface area contributed by atoms with Gasteiger partial charge in [0.1, 0.15) is 6.10 Å². The van der Waals surface area contributed by atoms with Crippen LogP contribution in [0.3, 0.4) is 0 Å². The van der Waals surface area contributed by atoms with E-state index < -0.39 is 11.0 Å². The first kappa shape index (κ1) is 15.5. The van der Waals surface area contributed by atoms with Crippen LogP contribution in [0.25, 0.3) is 0 Å². The lowest BCUT2D eigenvalue weighted by Gasteiger charge is -2.09. The SMILES string of the molecule is CCOC(=O)[C@@]1(Cl)OC1C[C@H](C)CCC=C(C)C. The fourth-order valence-corrected chi connectivity index (χ4v) is 2.17. The molecule has 1 aliphatic heterocycles. The van der Waals surface area contributed by atoms with Crippen LogP contribution in [0.4, 0.5) is 0 Å². The fourth-order valence-electron chi connectivity index (χ4n) is 1.92. The number of rotatable bonds is 7. The van der Waals surface area contributed by atoms with Crippen LogP contribution in [0.2, 0.25) is 0 Å². The van der Waals surface area contributed by atoms with Gasteiger partial charge in [0.05, 0.1) is 6.61 Å². The predicted octanol–water partition coefficient (Wildman–Crippen LogP) is 3.66. The van der Waals surface area contributed by atoms with Crippen molar-refractivity contribution in [1.29, 1.82) is 0 Å². The Hall–Kier alpha value is -0.540. The molecule has 4 heteroatoms. The van der Waals surface area contributed by atoms with Crippen LogP contribution in [-0.4, -0.2) is 23.7 Å². The minimum atomic E-state index is -1.21. The second-order valence-electron chi connectivity index (χ2n) is 5.17. The highest BCUT2D eigenvalue weighted by Gasteiger charge is 2.62. The van der Waals surface area contributed by atoms with Gasteiger partial charge in [0, 0.05) is 0 Å². The maximum absolute atomic E-state index is 11.5. The van der Waals surface area contributed by atoms with E-state index >= 15 is 0 Å². The standard InChI is InChI=1S/C14H23ClO3/c1-5-17-13(16)14(15)12(18-14)9-11(4)8-6-7-10(2)3/h7,11-12H,5-6,8-9H2,1-4H3/t11-,12?,14+/m1/s1. The maximum atomic E-state index is 11.5. The molecule has 1 rings (SSSR count). The average Bonchev–Trinajstić information content (AvgIpc) is 2.90. The third-order valence-corrected chi connectivity index (χ3v) is 3.54. The van der Waals surface area contributed by atoms with Gasteiger partial charge in [-0.15, -0.1) is 0 Å². The van der Waals surface area contributed by atoms with E-state index in [1.165, 1.54) is 5.57 Å². The molecule has 0 amide bonds. The second kappa shape index (κ2) is 6.58. The highest BCUT2D eigenvalue weighted by atomic mass is 35.5. The van der Waals surface area contributed by atoms with Gasteiger partial charge in [-0.2, -0.15) is 0 Å². The number of epoxide rings is 1. The van der Waals surface area contributed by atoms with Crippen LogP contribution in [0.15, 0.2) is 11.6 Å². The van der Waals surface area contributed by atoms with Crippen molar-refractivity contribution in [2.75, 3.05) is 6.61 Å². The quantitative estimate of drug-likeness (QED) is 0.308. The number of esters is 1. The van der Waals surface area contributed by atoms with Crippen molar-refractivity contribution in [2.24, 2.45) is 5.92 Å². The van der Waals surface area contributed by atoms with Crippen LogP contribution in [0.1, 0.15) is 47.0 Å². The number of carbonyl (C=O) groups is 1. The summed E-state index contributed by atoms with van der Waals surface area (Å²) in [5.74, 6) is 0.0359. The zero-order valence-corrected chi connectivity index (χ0v) is 12.4. The van der Waals surface area contributed by atoms with E-state index in [1.807, 2.05) is 0 Å². The van der Waals surface area contributed by atoms with Crippen molar-refractivity contribution in [3.8, 4) is 0 Å². The van der Waals surface area contributed by atoms with Gasteiger partial charge in [-0.1, -0.05) is 30.2 Å². The molecule has 0 aromatic heterocycles. The third-order valence-electron chi connectivity index (χ3n) is 3.05. The first-order valence-corrected chi connectivity index (χ1v) is 6.95. The molecule has 0 saturated carbocycles. The third kappa shape index (κ3) is 4.29. The zero-order chi connectivity index (χ0) is 13.8. The van der Waals surface area contributed by atoms with Gasteiger partial charge in [0.25, 0.3) is 5.06 Å². The Morgan fingerprint density at radius 3 is 2.78 bits per heavy atom. The minimum Gasteiger partial charge on any atom is -0.463 e. The molecule has 1 aliphatic rings. The molecule has 3 atom stereocenters. The zero-order valence-electron chi connectivity index (χ0n) is 11.7. The van der Waals surface area contributed by atoms with E-state index in [9.17, 15) is 4.79 Å². The number of alkyl halides is 1. The van der Waals surface area contributed by atoms with Gasteiger partial charge in [0.2, 0.25) is 0 Å². The van der Waals surface area contributed by atoms with Gasteiger partial charge >= 0.3 is 5.97 Å². The number of ether oxygens (including phenoxy) is 2. The minimum absolute atomic E-state index is 0.195. The largest absolute Gasteiger partial charge is 0.463 e. The Morgan fingerprint density at radius 2 is 2.22 bits per heavy atom. The normalized spacial score (nSPS) is 27.5. The Balaban J connectivity index is 2.29. The van der Waals surface area contributed by atoms with Gasteiger partial charge in [0.15, 0.2) is 0 Å². The molecule has 1 saturated heterocycles. The predicted molar refractivity (Wildman–Crippen MR) is 72.5 cm³/mol. The molecule has 0 aromatic carbocycles. The molecule has 18 heavy (non-hydrogen) atoms. The van der Waals surface area contributed by atoms with Crippen molar-refractivity contribution in [1.82, 2.24) is 0 Å². The summed E-state index contributed by atoms with van der Waals surface area (Å²) in [6, 6.07) is 0. The van der Waals surface area contributed by atoms with Gasteiger partial charge in [-0.05, 0) is 46.0 Å². The monoisotopic (exact) mass is 274 g/mol. The van der Waals surface area contributed by atoms with Crippen molar-refractivity contribution in [2.45, 2.75) is 58.1 Å².